The van der Waals surface area contributed by atoms with Gasteiger partial charge in [-0.3, -0.25) is 9.00 Å². The summed E-state index contributed by atoms with van der Waals surface area (Å²) in [5.41, 5.74) is 0.310. The SMILES string of the molecule is CCOC(=O)C(CC)(CC)NC(=O)c1ccc(C2CC2)c(C(C(C)C)S(=O)[O-])n1. The lowest BCUT2D eigenvalue weighted by Crippen LogP contribution is -2.54. The van der Waals surface area contributed by atoms with E-state index in [0.717, 1.165) is 18.4 Å². The summed E-state index contributed by atoms with van der Waals surface area (Å²) >= 11 is -2.36. The summed E-state index contributed by atoms with van der Waals surface area (Å²) in [7, 11) is 0. The van der Waals surface area contributed by atoms with Gasteiger partial charge in [0.2, 0.25) is 0 Å². The maximum Gasteiger partial charge on any atom is 0.331 e. The van der Waals surface area contributed by atoms with Crippen LogP contribution in [-0.2, 0) is 20.6 Å². The average Bonchev–Trinajstić information content (AvgIpc) is 3.50. The van der Waals surface area contributed by atoms with Gasteiger partial charge in [-0.05, 0) is 67.2 Å². The Balaban J connectivity index is 2.41. The molecule has 1 aliphatic carbocycles. The number of nitrogens with one attached hydrogen (secondary N) is 1. The molecule has 0 aliphatic heterocycles. The van der Waals surface area contributed by atoms with Crippen LogP contribution in [0.4, 0.5) is 0 Å². The highest BCUT2D eigenvalue weighted by Gasteiger charge is 2.39. The number of carbonyl (C=O) groups excluding carboxylic acids is 2. The molecule has 1 saturated carbocycles. The Morgan fingerprint density at radius 3 is 2.34 bits per heavy atom. The number of hydrogen-bond acceptors (Lipinski definition) is 6. The van der Waals surface area contributed by atoms with Crippen LogP contribution in [0.5, 0.6) is 0 Å². The molecule has 1 aromatic heterocycles. The number of rotatable bonds is 10. The Morgan fingerprint density at radius 2 is 1.90 bits per heavy atom. The Kier molecular flexibility index (Phi) is 7.94. The predicted molar refractivity (Wildman–Crippen MR) is 110 cm³/mol. The molecule has 0 radical (unpaired) electrons. The van der Waals surface area contributed by atoms with Crippen LogP contribution in [0.2, 0.25) is 0 Å². The summed E-state index contributed by atoms with van der Waals surface area (Å²) in [5, 5.41) is 2.00. The number of hydrogen-bond donors (Lipinski definition) is 1. The second kappa shape index (κ2) is 9.80. The van der Waals surface area contributed by atoms with Crippen molar-refractivity contribution in [2.75, 3.05) is 6.61 Å². The first-order valence-corrected chi connectivity index (χ1v) is 11.4. The van der Waals surface area contributed by atoms with Crippen LogP contribution >= 0.6 is 0 Å². The number of esters is 1. The van der Waals surface area contributed by atoms with E-state index in [0.29, 0.717) is 24.5 Å². The topological polar surface area (TPSA) is 108 Å². The first-order chi connectivity index (χ1) is 13.7. The lowest BCUT2D eigenvalue weighted by Gasteiger charge is -2.30. The summed E-state index contributed by atoms with van der Waals surface area (Å²) in [4.78, 5) is 29.9. The summed E-state index contributed by atoms with van der Waals surface area (Å²) in [6, 6.07) is 3.42. The number of aromatic nitrogens is 1. The maximum absolute atomic E-state index is 13.0. The number of pyridine rings is 1. The number of ether oxygens (including phenoxy) is 1. The van der Waals surface area contributed by atoms with Crippen molar-refractivity contribution in [3.05, 3.63) is 29.1 Å². The molecule has 162 valence electrons. The zero-order valence-corrected chi connectivity index (χ0v) is 18.6. The van der Waals surface area contributed by atoms with Gasteiger partial charge in [0.1, 0.15) is 11.2 Å². The molecule has 8 heteroatoms. The quantitative estimate of drug-likeness (QED) is 0.456. The largest absolute Gasteiger partial charge is 0.772 e. The van der Waals surface area contributed by atoms with Crippen molar-refractivity contribution in [1.29, 1.82) is 0 Å². The monoisotopic (exact) mass is 423 g/mol. The predicted octanol–water partition coefficient (Wildman–Crippen LogP) is 3.39. The molecule has 0 aromatic carbocycles. The van der Waals surface area contributed by atoms with E-state index in [-0.39, 0.29) is 18.2 Å². The summed E-state index contributed by atoms with van der Waals surface area (Å²) in [5.74, 6) is -0.871. The van der Waals surface area contributed by atoms with Crippen molar-refractivity contribution >= 4 is 23.0 Å². The third-order valence-corrected chi connectivity index (χ3v) is 6.70. The minimum atomic E-state index is -2.36. The molecular weight excluding hydrogens is 392 g/mol. The van der Waals surface area contributed by atoms with Gasteiger partial charge in [0.05, 0.1) is 17.6 Å². The van der Waals surface area contributed by atoms with Gasteiger partial charge < -0.3 is 14.6 Å². The van der Waals surface area contributed by atoms with E-state index >= 15 is 0 Å². The molecule has 1 amide bonds. The van der Waals surface area contributed by atoms with E-state index in [4.69, 9.17) is 4.74 Å². The molecule has 0 spiro atoms. The Bertz CT molecular complexity index is 772. The van der Waals surface area contributed by atoms with Gasteiger partial charge in [0.15, 0.2) is 0 Å². The zero-order valence-electron chi connectivity index (χ0n) is 17.8. The molecule has 29 heavy (non-hydrogen) atoms. The molecule has 7 nitrogen and oxygen atoms in total. The van der Waals surface area contributed by atoms with Crippen LogP contribution in [0, 0.1) is 5.92 Å². The highest BCUT2D eigenvalue weighted by molar-refractivity contribution is 7.79. The first kappa shape index (κ1) is 23.5. The molecule has 1 aromatic rings. The summed E-state index contributed by atoms with van der Waals surface area (Å²) in [6.07, 6.45) is 2.74. The molecule has 2 unspecified atom stereocenters. The zero-order chi connectivity index (χ0) is 21.8. The average molecular weight is 424 g/mol. The number of carbonyl (C=O) groups is 2. The third kappa shape index (κ3) is 5.22. The van der Waals surface area contributed by atoms with Crippen molar-refractivity contribution in [2.24, 2.45) is 5.92 Å². The molecule has 2 rings (SSSR count). The van der Waals surface area contributed by atoms with Crippen LogP contribution in [-0.4, -0.2) is 37.8 Å². The molecule has 1 heterocycles. The fourth-order valence-electron chi connectivity index (χ4n) is 3.53. The molecule has 1 aliphatic rings. The Labute approximate surface area is 175 Å². The minimum Gasteiger partial charge on any atom is -0.772 e. The standard InChI is InChI=1S/C21H32N2O5S/c1-6-21(7-2,20(25)28-8-3)23-19(24)16-12-11-15(14-9-10-14)17(22-16)18(13(4)5)29(26)27/h11-14,18H,6-10H2,1-5H3,(H,23,24)(H,26,27)/p-1. The van der Waals surface area contributed by atoms with Crippen molar-refractivity contribution in [3.63, 3.8) is 0 Å². The van der Waals surface area contributed by atoms with Gasteiger partial charge >= 0.3 is 5.97 Å². The fraction of sp³-hybridized carbons (Fsp3) is 0.667. The normalized spacial score (nSPS) is 16.4. The lowest BCUT2D eigenvalue weighted by atomic mass is 9.92. The van der Waals surface area contributed by atoms with Crippen molar-refractivity contribution in [3.8, 4) is 0 Å². The summed E-state index contributed by atoms with van der Waals surface area (Å²) < 4.78 is 29.0. The van der Waals surface area contributed by atoms with Gasteiger partial charge in [0, 0.05) is 0 Å². The van der Waals surface area contributed by atoms with E-state index < -0.39 is 33.7 Å². The van der Waals surface area contributed by atoms with E-state index in [9.17, 15) is 18.4 Å². The fourth-order valence-corrected chi connectivity index (χ4v) is 4.34. The highest BCUT2D eigenvalue weighted by atomic mass is 32.2. The van der Waals surface area contributed by atoms with Crippen molar-refractivity contribution in [1.82, 2.24) is 10.3 Å². The van der Waals surface area contributed by atoms with Gasteiger partial charge in [0.25, 0.3) is 5.91 Å². The van der Waals surface area contributed by atoms with Gasteiger partial charge in [-0.1, -0.05) is 33.8 Å². The molecule has 0 saturated heterocycles. The van der Waals surface area contributed by atoms with E-state index in [1.54, 1.807) is 19.1 Å². The second-order valence-electron chi connectivity index (χ2n) is 7.83. The Morgan fingerprint density at radius 1 is 1.28 bits per heavy atom. The minimum absolute atomic E-state index is 0.107. The lowest BCUT2D eigenvalue weighted by molar-refractivity contribution is -0.151. The van der Waals surface area contributed by atoms with Crippen LogP contribution < -0.4 is 5.32 Å². The van der Waals surface area contributed by atoms with Crippen LogP contribution in [0.1, 0.15) is 93.2 Å². The van der Waals surface area contributed by atoms with E-state index in [1.807, 2.05) is 27.7 Å². The van der Waals surface area contributed by atoms with Gasteiger partial charge in [-0.2, -0.15) is 0 Å². The molecule has 1 fully saturated rings. The smallest absolute Gasteiger partial charge is 0.331 e. The number of amides is 1. The third-order valence-electron chi connectivity index (χ3n) is 5.52. The molecule has 2 atom stereocenters. The summed E-state index contributed by atoms with van der Waals surface area (Å²) in [6.45, 7) is 9.21. The number of nitrogens with zero attached hydrogens (tertiary/aromatic N) is 1. The van der Waals surface area contributed by atoms with Crippen molar-refractivity contribution < 1.29 is 23.1 Å². The van der Waals surface area contributed by atoms with E-state index in [1.165, 1.54) is 0 Å². The molecule has 0 bridgehead atoms. The molecular formula is C21H31N2O5S-. The Hall–Kier alpha value is -1.80. The van der Waals surface area contributed by atoms with Crippen LogP contribution in [0.3, 0.4) is 0 Å². The van der Waals surface area contributed by atoms with Crippen LogP contribution in [0.15, 0.2) is 12.1 Å². The van der Waals surface area contributed by atoms with Crippen LogP contribution in [0.25, 0.3) is 0 Å². The molecule has 1 N–H and O–H groups in total. The van der Waals surface area contributed by atoms with Crippen molar-refractivity contribution in [2.45, 2.75) is 77.0 Å². The van der Waals surface area contributed by atoms with E-state index in [2.05, 4.69) is 10.3 Å². The maximum atomic E-state index is 13.0. The van der Waals surface area contributed by atoms with Gasteiger partial charge in [-0.15, -0.1) is 0 Å². The first-order valence-electron chi connectivity index (χ1n) is 10.3. The second-order valence-corrected chi connectivity index (χ2v) is 8.86. The van der Waals surface area contributed by atoms with Gasteiger partial charge in [-0.25, -0.2) is 9.78 Å². The highest BCUT2D eigenvalue weighted by Crippen LogP contribution is 2.44.